The van der Waals surface area contributed by atoms with Crippen LogP contribution in [0.1, 0.15) is 18.1 Å². The maximum atomic E-state index is 11.3. The summed E-state index contributed by atoms with van der Waals surface area (Å²) < 4.78 is 0. The Kier molecular flexibility index (Phi) is 4.37. The Hall–Kier alpha value is -1.29. The normalized spacial score (nSPS) is 10.8. The predicted octanol–water partition coefficient (Wildman–Crippen LogP) is 1.98. The minimum absolute atomic E-state index is 0.0813. The van der Waals surface area contributed by atoms with Crippen LogP contribution in [0.4, 0.5) is 0 Å². The van der Waals surface area contributed by atoms with Gasteiger partial charge in [-0.3, -0.25) is 9.59 Å². The first-order valence-corrected chi connectivity index (χ1v) is 5.57. The van der Waals surface area contributed by atoms with Crippen LogP contribution in [0.25, 0.3) is 6.08 Å². The van der Waals surface area contributed by atoms with E-state index in [-0.39, 0.29) is 10.7 Å². The molecule has 0 radical (unpaired) electrons. The van der Waals surface area contributed by atoms with Gasteiger partial charge in [-0.15, -0.1) is 0 Å². The van der Waals surface area contributed by atoms with Gasteiger partial charge >= 0.3 is 0 Å². The third kappa shape index (κ3) is 4.16. The number of nitrogens with one attached hydrogen (secondary N) is 1. The largest absolute Gasteiger partial charge is 0.328 e. The van der Waals surface area contributed by atoms with Crippen LogP contribution in [-0.2, 0) is 4.79 Å². The molecule has 0 atom stereocenters. The molecule has 0 aliphatic heterocycles. The molecule has 0 unspecified atom stereocenters. The number of thioether (sulfide) groups is 1. The van der Waals surface area contributed by atoms with Gasteiger partial charge < -0.3 is 4.98 Å². The van der Waals surface area contributed by atoms with Gasteiger partial charge in [0.2, 0.25) is 0 Å². The van der Waals surface area contributed by atoms with E-state index in [9.17, 15) is 9.59 Å². The molecule has 1 aromatic heterocycles. The van der Waals surface area contributed by atoms with E-state index in [0.29, 0.717) is 11.3 Å². The van der Waals surface area contributed by atoms with Gasteiger partial charge in [-0.1, -0.05) is 23.9 Å². The zero-order chi connectivity index (χ0) is 11.3. The van der Waals surface area contributed by atoms with Gasteiger partial charge in [0.25, 0.3) is 5.56 Å². The summed E-state index contributed by atoms with van der Waals surface area (Å²) in [6, 6.07) is 1.81. The minimum Gasteiger partial charge on any atom is -0.328 e. The number of aromatic amines is 1. The molecule has 1 aromatic rings. The van der Waals surface area contributed by atoms with E-state index in [1.165, 1.54) is 18.7 Å². The summed E-state index contributed by atoms with van der Waals surface area (Å²) >= 11 is 1.22. The van der Waals surface area contributed by atoms with E-state index in [0.717, 1.165) is 5.56 Å². The van der Waals surface area contributed by atoms with Crippen molar-refractivity contribution in [3.05, 3.63) is 39.8 Å². The number of rotatable bonds is 3. The van der Waals surface area contributed by atoms with Crippen molar-refractivity contribution in [2.24, 2.45) is 0 Å². The molecule has 1 heterocycles. The van der Waals surface area contributed by atoms with Gasteiger partial charge in [0.1, 0.15) is 0 Å². The summed E-state index contributed by atoms with van der Waals surface area (Å²) in [4.78, 5) is 24.6. The Morgan fingerprint density at radius 3 is 3.00 bits per heavy atom. The van der Waals surface area contributed by atoms with E-state index >= 15 is 0 Å². The number of aryl methyl sites for hydroxylation is 1. The van der Waals surface area contributed by atoms with Crippen molar-refractivity contribution in [3.8, 4) is 0 Å². The van der Waals surface area contributed by atoms with Gasteiger partial charge in [-0.05, 0) is 18.6 Å². The third-order valence-corrected chi connectivity index (χ3v) is 2.52. The minimum atomic E-state index is -0.107. The lowest BCUT2D eigenvalue weighted by Crippen LogP contribution is -2.08. The highest BCUT2D eigenvalue weighted by Crippen LogP contribution is 2.03. The van der Waals surface area contributed by atoms with Crippen LogP contribution in [0.15, 0.2) is 23.1 Å². The predicted molar refractivity (Wildman–Crippen MR) is 64.0 cm³/mol. The van der Waals surface area contributed by atoms with Crippen molar-refractivity contribution < 1.29 is 4.79 Å². The van der Waals surface area contributed by atoms with E-state index in [1.807, 2.05) is 19.1 Å². The summed E-state index contributed by atoms with van der Waals surface area (Å²) in [5.74, 6) is 0.600. The molecule has 0 saturated heterocycles. The standard InChI is InChI=1S/C11H13NO2S/c1-8-6-10(11(14)12-7-8)4-3-5-15-9(2)13/h3-4,6-7H,5H2,1-2H3,(H,12,14). The topological polar surface area (TPSA) is 49.9 Å². The second-order valence-corrected chi connectivity index (χ2v) is 4.36. The van der Waals surface area contributed by atoms with Crippen molar-refractivity contribution in [2.75, 3.05) is 5.75 Å². The molecule has 15 heavy (non-hydrogen) atoms. The summed E-state index contributed by atoms with van der Waals surface area (Å²) in [5.41, 5.74) is 1.53. The number of carbonyl (C=O) groups excluding carboxylic acids is 1. The molecular weight excluding hydrogens is 210 g/mol. The van der Waals surface area contributed by atoms with Crippen molar-refractivity contribution in [2.45, 2.75) is 13.8 Å². The van der Waals surface area contributed by atoms with Crippen LogP contribution in [0.5, 0.6) is 0 Å². The molecule has 0 amide bonds. The number of pyridine rings is 1. The highest BCUT2D eigenvalue weighted by atomic mass is 32.2. The maximum absolute atomic E-state index is 11.3. The van der Waals surface area contributed by atoms with Crippen LogP contribution in [0.3, 0.4) is 0 Å². The fraction of sp³-hybridized carbons (Fsp3) is 0.273. The first-order chi connectivity index (χ1) is 7.09. The second kappa shape index (κ2) is 5.56. The van der Waals surface area contributed by atoms with Crippen LogP contribution >= 0.6 is 11.8 Å². The second-order valence-electron chi connectivity index (χ2n) is 3.17. The molecule has 0 spiro atoms. The zero-order valence-corrected chi connectivity index (χ0v) is 9.56. The highest BCUT2D eigenvalue weighted by Gasteiger charge is 1.95. The first kappa shape index (κ1) is 11.8. The van der Waals surface area contributed by atoms with E-state index in [1.54, 1.807) is 12.3 Å². The number of carbonyl (C=O) groups is 1. The molecule has 80 valence electrons. The molecule has 0 aliphatic rings. The quantitative estimate of drug-likeness (QED) is 0.852. The lowest BCUT2D eigenvalue weighted by molar-refractivity contribution is -0.109. The molecular formula is C11H13NO2S. The van der Waals surface area contributed by atoms with Gasteiger partial charge in [-0.25, -0.2) is 0 Å². The van der Waals surface area contributed by atoms with E-state index in [2.05, 4.69) is 4.98 Å². The molecule has 0 aromatic carbocycles. The summed E-state index contributed by atoms with van der Waals surface area (Å²) in [6.45, 7) is 3.44. The van der Waals surface area contributed by atoms with Gasteiger partial charge in [0, 0.05) is 24.4 Å². The van der Waals surface area contributed by atoms with Crippen molar-refractivity contribution >= 4 is 23.0 Å². The Morgan fingerprint density at radius 1 is 1.60 bits per heavy atom. The average Bonchev–Trinajstić information content (AvgIpc) is 2.17. The van der Waals surface area contributed by atoms with Gasteiger partial charge in [0.15, 0.2) is 5.12 Å². The van der Waals surface area contributed by atoms with Crippen molar-refractivity contribution in [1.82, 2.24) is 4.98 Å². The highest BCUT2D eigenvalue weighted by molar-refractivity contribution is 8.13. The van der Waals surface area contributed by atoms with Crippen molar-refractivity contribution in [1.29, 1.82) is 0 Å². The zero-order valence-electron chi connectivity index (χ0n) is 8.74. The molecule has 1 rings (SSSR count). The Bertz CT molecular complexity index is 434. The molecule has 0 aliphatic carbocycles. The molecule has 0 fully saturated rings. The molecule has 3 nitrogen and oxygen atoms in total. The fourth-order valence-electron chi connectivity index (χ4n) is 1.08. The summed E-state index contributed by atoms with van der Waals surface area (Å²) in [5, 5.41) is 0.0813. The Labute approximate surface area is 92.6 Å². The van der Waals surface area contributed by atoms with E-state index in [4.69, 9.17) is 0 Å². The lowest BCUT2D eigenvalue weighted by Gasteiger charge is -1.94. The SMILES string of the molecule is CC(=O)SCC=Cc1cc(C)c[nH]c1=O. The van der Waals surface area contributed by atoms with Gasteiger partial charge in [-0.2, -0.15) is 0 Å². The lowest BCUT2D eigenvalue weighted by atomic mass is 10.2. The molecule has 4 heteroatoms. The van der Waals surface area contributed by atoms with Crippen molar-refractivity contribution in [3.63, 3.8) is 0 Å². The Morgan fingerprint density at radius 2 is 2.33 bits per heavy atom. The fourth-order valence-corrected chi connectivity index (χ4v) is 1.51. The molecule has 1 N–H and O–H groups in total. The van der Waals surface area contributed by atoms with Crippen LogP contribution in [0, 0.1) is 6.92 Å². The molecule has 0 saturated carbocycles. The molecule has 0 bridgehead atoms. The smallest absolute Gasteiger partial charge is 0.255 e. The number of hydrogen-bond acceptors (Lipinski definition) is 3. The summed E-state index contributed by atoms with van der Waals surface area (Å²) in [7, 11) is 0. The number of aromatic nitrogens is 1. The Balaban J connectivity index is 2.67. The first-order valence-electron chi connectivity index (χ1n) is 4.59. The monoisotopic (exact) mass is 223 g/mol. The van der Waals surface area contributed by atoms with Crippen LogP contribution in [-0.4, -0.2) is 15.9 Å². The van der Waals surface area contributed by atoms with Crippen LogP contribution in [0.2, 0.25) is 0 Å². The number of H-pyrrole nitrogens is 1. The average molecular weight is 223 g/mol. The maximum Gasteiger partial charge on any atom is 0.255 e. The number of hydrogen-bond donors (Lipinski definition) is 1. The van der Waals surface area contributed by atoms with Crippen LogP contribution < -0.4 is 5.56 Å². The van der Waals surface area contributed by atoms with Gasteiger partial charge in [0.05, 0.1) is 0 Å². The van der Waals surface area contributed by atoms with E-state index < -0.39 is 0 Å². The third-order valence-electron chi connectivity index (χ3n) is 1.76. The summed E-state index contributed by atoms with van der Waals surface area (Å²) in [6.07, 6.45) is 5.22.